The average molecular weight is 390 g/mol. The summed E-state index contributed by atoms with van der Waals surface area (Å²) in [6.45, 7) is 0.390. The van der Waals surface area contributed by atoms with Gasteiger partial charge in [-0.05, 0) is 23.8 Å². The van der Waals surface area contributed by atoms with Gasteiger partial charge in [-0.2, -0.15) is 0 Å². The van der Waals surface area contributed by atoms with Crippen molar-refractivity contribution in [2.75, 3.05) is 10.6 Å². The predicted octanol–water partition coefficient (Wildman–Crippen LogP) is 5.05. The second-order valence-electron chi connectivity index (χ2n) is 5.30. The Morgan fingerprint density at radius 1 is 1.00 bits per heavy atom. The van der Waals surface area contributed by atoms with E-state index in [-0.39, 0.29) is 17.3 Å². The molecule has 0 saturated carbocycles. The van der Waals surface area contributed by atoms with Crippen LogP contribution in [0.15, 0.2) is 54.9 Å². The molecular weight excluding hydrogens is 377 g/mol. The van der Waals surface area contributed by atoms with Crippen molar-refractivity contribution in [2.24, 2.45) is 0 Å². The summed E-state index contributed by atoms with van der Waals surface area (Å²) in [7, 11) is 0. The third kappa shape index (κ3) is 4.38. The van der Waals surface area contributed by atoms with Gasteiger partial charge in [-0.15, -0.1) is 0 Å². The summed E-state index contributed by atoms with van der Waals surface area (Å²) >= 11 is 11.9. The number of halogens is 2. The number of nitrogens with zero attached hydrogens (tertiary/aromatic N) is 3. The monoisotopic (exact) mass is 389 g/mol. The molecule has 0 unspecified atom stereocenters. The minimum Gasteiger partial charge on any atom is -0.360 e. The summed E-state index contributed by atoms with van der Waals surface area (Å²) in [5.74, 6) is 0.156. The SMILES string of the molecule is O=[N+]([O-])c1c(NCc2ccccc2)ncnc1Nc1cc(Cl)cc(Cl)c1. The van der Waals surface area contributed by atoms with Gasteiger partial charge in [0, 0.05) is 22.3 Å². The second-order valence-corrected chi connectivity index (χ2v) is 6.17. The molecule has 0 amide bonds. The molecule has 2 aromatic carbocycles. The van der Waals surface area contributed by atoms with Crippen molar-refractivity contribution < 1.29 is 4.92 Å². The summed E-state index contributed by atoms with van der Waals surface area (Å²) in [5, 5.41) is 18.2. The van der Waals surface area contributed by atoms with Crippen molar-refractivity contribution >= 4 is 46.2 Å². The average Bonchev–Trinajstić information content (AvgIpc) is 2.60. The Morgan fingerprint density at radius 3 is 2.31 bits per heavy atom. The van der Waals surface area contributed by atoms with Gasteiger partial charge < -0.3 is 10.6 Å². The maximum atomic E-state index is 11.6. The van der Waals surface area contributed by atoms with Crippen molar-refractivity contribution in [2.45, 2.75) is 6.54 Å². The van der Waals surface area contributed by atoms with Gasteiger partial charge in [0.25, 0.3) is 0 Å². The molecule has 0 aliphatic carbocycles. The molecule has 0 aliphatic rings. The van der Waals surface area contributed by atoms with E-state index in [1.807, 2.05) is 30.3 Å². The Labute approximate surface area is 159 Å². The molecule has 0 spiro atoms. The van der Waals surface area contributed by atoms with Crippen LogP contribution in [0, 0.1) is 10.1 Å². The van der Waals surface area contributed by atoms with E-state index in [2.05, 4.69) is 20.6 Å². The van der Waals surface area contributed by atoms with E-state index in [1.165, 1.54) is 6.33 Å². The Morgan fingerprint density at radius 2 is 1.65 bits per heavy atom. The molecule has 0 saturated heterocycles. The molecule has 1 aromatic heterocycles. The Kier molecular flexibility index (Phi) is 5.50. The van der Waals surface area contributed by atoms with Crippen LogP contribution in [0.3, 0.4) is 0 Å². The predicted molar refractivity (Wildman–Crippen MR) is 102 cm³/mol. The van der Waals surface area contributed by atoms with Crippen LogP contribution in [-0.4, -0.2) is 14.9 Å². The Hall–Kier alpha value is -2.90. The van der Waals surface area contributed by atoms with Crippen LogP contribution >= 0.6 is 23.2 Å². The fraction of sp³-hybridized carbons (Fsp3) is 0.0588. The smallest absolute Gasteiger partial charge is 0.353 e. The molecule has 3 aromatic rings. The summed E-state index contributed by atoms with van der Waals surface area (Å²) in [6.07, 6.45) is 1.24. The number of hydrogen-bond acceptors (Lipinski definition) is 6. The first-order valence-electron chi connectivity index (χ1n) is 7.53. The van der Waals surface area contributed by atoms with Gasteiger partial charge in [0.05, 0.1) is 4.92 Å². The highest BCUT2D eigenvalue weighted by Gasteiger charge is 2.23. The number of nitrogens with one attached hydrogen (secondary N) is 2. The molecule has 0 fully saturated rings. The third-order valence-electron chi connectivity index (χ3n) is 3.43. The summed E-state index contributed by atoms with van der Waals surface area (Å²) in [6, 6.07) is 14.2. The number of aromatic nitrogens is 2. The molecule has 1 heterocycles. The van der Waals surface area contributed by atoms with Crippen molar-refractivity contribution in [3.8, 4) is 0 Å². The molecule has 3 rings (SSSR count). The number of anilines is 3. The highest BCUT2D eigenvalue weighted by atomic mass is 35.5. The quantitative estimate of drug-likeness (QED) is 0.452. The van der Waals surface area contributed by atoms with Gasteiger partial charge in [0.2, 0.25) is 11.6 Å². The van der Waals surface area contributed by atoms with Crippen LogP contribution in [0.5, 0.6) is 0 Å². The summed E-state index contributed by atoms with van der Waals surface area (Å²) < 4.78 is 0. The minimum atomic E-state index is -0.540. The van der Waals surface area contributed by atoms with E-state index in [1.54, 1.807) is 18.2 Å². The van der Waals surface area contributed by atoms with Crippen LogP contribution in [0.2, 0.25) is 10.0 Å². The molecule has 2 N–H and O–H groups in total. The lowest BCUT2D eigenvalue weighted by Crippen LogP contribution is -2.08. The first kappa shape index (κ1) is 17.9. The second kappa shape index (κ2) is 7.99. The molecule has 26 heavy (non-hydrogen) atoms. The Bertz CT molecular complexity index is 917. The van der Waals surface area contributed by atoms with Crippen LogP contribution in [0.1, 0.15) is 5.56 Å². The first-order chi connectivity index (χ1) is 12.5. The van der Waals surface area contributed by atoms with E-state index in [9.17, 15) is 10.1 Å². The number of hydrogen-bond donors (Lipinski definition) is 2. The number of nitro groups is 1. The first-order valence-corrected chi connectivity index (χ1v) is 8.29. The highest BCUT2D eigenvalue weighted by molar-refractivity contribution is 6.35. The van der Waals surface area contributed by atoms with Gasteiger partial charge in [0.1, 0.15) is 6.33 Å². The van der Waals surface area contributed by atoms with Crippen molar-refractivity contribution in [1.82, 2.24) is 9.97 Å². The number of benzene rings is 2. The molecule has 9 heteroatoms. The van der Waals surface area contributed by atoms with Gasteiger partial charge in [0.15, 0.2) is 0 Å². The van der Waals surface area contributed by atoms with Crippen LogP contribution in [-0.2, 0) is 6.54 Å². The lowest BCUT2D eigenvalue weighted by Gasteiger charge is -2.10. The molecule has 0 atom stereocenters. The van der Waals surface area contributed by atoms with E-state index < -0.39 is 4.92 Å². The number of rotatable bonds is 6. The lowest BCUT2D eigenvalue weighted by molar-refractivity contribution is -0.383. The van der Waals surface area contributed by atoms with Gasteiger partial charge in [-0.25, -0.2) is 9.97 Å². The lowest BCUT2D eigenvalue weighted by atomic mass is 10.2. The summed E-state index contributed by atoms with van der Waals surface area (Å²) in [4.78, 5) is 19.0. The fourth-order valence-electron chi connectivity index (χ4n) is 2.32. The third-order valence-corrected chi connectivity index (χ3v) is 3.87. The zero-order valence-electron chi connectivity index (χ0n) is 13.3. The minimum absolute atomic E-state index is 0.0406. The maximum Gasteiger partial charge on any atom is 0.353 e. The molecule has 7 nitrogen and oxygen atoms in total. The molecule has 132 valence electrons. The molecule has 0 aliphatic heterocycles. The van der Waals surface area contributed by atoms with Crippen LogP contribution in [0.25, 0.3) is 0 Å². The van der Waals surface area contributed by atoms with Crippen molar-refractivity contribution in [3.05, 3.63) is 80.6 Å². The van der Waals surface area contributed by atoms with Gasteiger partial charge in [-0.1, -0.05) is 53.5 Å². The Balaban J connectivity index is 1.89. The van der Waals surface area contributed by atoms with E-state index in [0.29, 0.717) is 22.3 Å². The molecular formula is C17H13Cl2N5O2. The normalized spacial score (nSPS) is 10.4. The molecule has 0 radical (unpaired) electrons. The van der Waals surface area contributed by atoms with Crippen molar-refractivity contribution in [3.63, 3.8) is 0 Å². The zero-order chi connectivity index (χ0) is 18.5. The van der Waals surface area contributed by atoms with Crippen LogP contribution < -0.4 is 10.6 Å². The summed E-state index contributed by atoms with van der Waals surface area (Å²) in [5.41, 5.74) is 1.19. The van der Waals surface area contributed by atoms with Gasteiger partial charge >= 0.3 is 5.69 Å². The largest absolute Gasteiger partial charge is 0.360 e. The highest BCUT2D eigenvalue weighted by Crippen LogP contribution is 2.33. The van der Waals surface area contributed by atoms with E-state index in [0.717, 1.165) is 5.56 Å². The standard InChI is InChI=1S/C17H13Cl2N5O2/c18-12-6-13(19)8-14(7-12)23-17-15(24(25)26)16(21-10-22-17)20-9-11-4-2-1-3-5-11/h1-8,10H,9H2,(H2,20,21,22,23). The van der Waals surface area contributed by atoms with E-state index in [4.69, 9.17) is 23.2 Å². The van der Waals surface area contributed by atoms with Gasteiger partial charge in [-0.3, -0.25) is 10.1 Å². The topological polar surface area (TPSA) is 93.0 Å². The molecule has 0 bridgehead atoms. The van der Waals surface area contributed by atoms with Crippen LogP contribution in [0.4, 0.5) is 23.0 Å². The van der Waals surface area contributed by atoms with Crippen molar-refractivity contribution in [1.29, 1.82) is 0 Å². The maximum absolute atomic E-state index is 11.6. The zero-order valence-corrected chi connectivity index (χ0v) is 14.8. The fourth-order valence-corrected chi connectivity index (χ4v) is 2.84. The van der Waals surface area contributed by atoms with E-state index >= 15 is 0 Å².